The molecule has 0 fully saturated rings. The molecule has 0 bridgehead atoms. The predicted molar refractivity (Wildman–Crippen MR) is 52.3 cm³/mol. The van der Waals surface area contributed by atoms with Gasteiger partial charge in [0.25, 0.3) is 0 Å². The summed E-state index contributed by atoms with van der Waals surface area (Å²) in [6, 6.07) is 2.32. The summed E-state index contributed by atoms with van der Waals surface area (Å²) in [5.41, 5.74) is 1.47. The molecule has 0 atom stereocenters. The summed E-state index contributed by atoms with van der Waals surface area (Å²) >= 11 is 0. The van der Waals surface area contributed by atoms with E-state index in [-0.39, 0.29) is 0 Å². The Morgan fingerprint density at radius 3 is 2.83 bits per heavy atom. The summed E-state index contributed by atoms with van der Waals surface area (Å²) in [6.45, 7) is 5.53. The topological polar surface area (TPSA) is 4.93 Å². The fraction of sp³-hybridized carbons (Fsp3) is 0.455. The average Bonchev–Trinajstić information content (AvgIpc) is 2.61. The van der Waals surface area contributed by atoms with Gasteiger partial charge >= 0.3 is 0 Å². The van der Waals surface area contributed by atoms with E-state index in [1.807, 2.05) is 0 Å². The van der Waals surface area contributed by atoms with Gasteiger partial charge in [0, 0.05) is 17.6 Å². The van der Waals surface area contributed by atoms with Crippen molar-refractivity contribution in [3.63, 3.8) is 0 Å². The zero-order valence-corrected chi connectivity index (χ0v) is 7.80. The maximum Gasteiger partial charge on any atom is 0.0441 e. The summed E-state index contributed by atoms with van der Waals surface area (Å²) in [4.78, 5) is 0. The normalized spacial score (nSPS) is 13.8. The standard InChI is InChI=1S/C11H15N/c1-3-10-8-9-6-5-7-11(9)12(10)4-2/h6-8H,3-5H2,1-2H3. The van der Waals surface area contributed by atoms with E-state index in [0.29, 0.717) is 0 Å². The molecule has 1 aliphatic rings. The third-order valence-electron chi connectivity index (χ3n) is 2.58. The molecule has 0 unspecified atom stereocenters. The summed E-state index contributed by atoms with van der Waals surface area (Å²) < 4.78 is 2.42. The molecule has 64 valence electrons. The van der Waals surface area contributed by atoms with Gasteiger partial charge in [-0.3, -0.25) is 0 Å². The second-order valence-corrected chi connectivity index (χ2v) is 3.22. The molecule has 0 amide bonds. The predicted octanol–water partition coefficient (Wildman–Crippen LogP) is 1.04. The van der Waals surface area contributed by atoms with E-state index in [1.54, 1.807) is 0 Å². The molecule has 0 N–H and O–H groups in total. The monoisotopic (exact) mass is 161 g/mol. The number of hydrogen-bond acceptors (Lipinski definition) is 0. The minimum absolute atomic E-state index is 1.10. The molecule has 0 radical (unpaired) electrons. The van der Waals surface area contributed by atoms with Crippen molar-refractivity contribution in [2.24, 2.45) is 0 Å². The van der Waals surface area contributed by atoms with Gasteiger partial charge in [0.2, 0.25) is 0 Å². The van der Waals surface area contributed by atoms with E-state index in [0.717, 1.165) is 19.4 Å². The Hall–Kier alpha value is -0.980. The first-order valence-corrected chi connectivity index (χ1v) is 4.75. The largest absolute Gasteiger partial charge is 0.345 e. The molecule has 0 aliphatic heterocycles. The minimum atomic E-state index is 1.10. The van der Waals surface area contributed by atoms with E-state index in [1.165, 1.54) is 16.3 Å². The number of aryl methyl sites for hydroxylation is 1. The van der Waals surface area contributed by atoms with Gasteiger partial charge < -0.3 is 4.57 Å². The first-order chi connectivity index (χ1) is 5.86. The van der Waals surface area contributed by atoms with Crippen LogP contribution in [-0.4, -0.2) is 4.57 Å². The van der Waals surface area contributed by atoms with Gasteiger partial charge in [0.15, 0.2) is 0 Å². The van der Waals surface area contributed by atoms with Crippen LogP contribution in [0.15, 0.2) is 6.07 Å². The van der Waals surface area contributed by atoms with Crippen molar-refractivity contribution < 1.29 is 0 Å². The van der Waals surface area contributed by atoms with Crippen LogP contribution in [0.4, 0.5) is 0 Å². The lowest BCUT2D eigenvalue weighted by Gasteiger charge is -2.03. The van der Waals surface area contributed by atoms with Gasteiger partial charge in [-0.05, 0) is 31.1 Å². The molecule has 2 rings (SSSR count). The summed E-state index contributed by atoms with van der Waals surface area (Å²) in [5, 5.41) is 2.88. The smallest absolute Gasteiger partial charge is 0.0441 e. The summed E-state index contributed by atoms with van der Waals surface area (Å²) in [5.74, 6) is 0. The highest BCUT2D eigenvalue weighted by Crippen LogP contribution is 1.98. The SMILES string of the molecule is CCc1cc2c(n1CC)=CCC=2. The van der Waals surface area contributed by atoms with Crippen LogP contribution in [0.1, 0.15) is 26.0 Å². The van der Waals surface area contributed by atoms with Gasteiger partial charge in [0.05, 0.1) is 0 Å². The van der Waals surface area contributed by atoms with E-state index in [2.05, 4.69) is 36.6 Å². The Morgan fingerprint density at radius 2 is 2.17 bits per heavy atom. The third-order valence-corrected chi connectivity index (χ3v) is 2.58. The van der Waals surface area contributed by atoms with Crippen LogP contribution in [-0.2, 0) is 13.0 Å². The lowest BCUT2D eigenvalue weighted by molar-refractivity contribution is 0.701. The number of fused-ring (bicyclic) bond motifs is 1. The van der Waals surface area contributed by atoms with Crippen LogP contribution in [0.25, 0.3) is 12.2 Å². The van der Waals surface area contributed by atoms with Gasteiger partial charge in [-0.15, -0.1) is 0 Å². The summed E-state index contributed by atoms with van der Waals surface area (Å²) in [7, 11) is 0. The number of aromatic nitrogens is 1. The highest BCUT2D eigenvalue weighted by atomic mass is 15.0. The third kappa shape index (κ3) is 0.927. The average molecular weight is 161 g/mol. The van der Waals surface area contributed by atoms with Gasteiger partial charge in [-0.1, -0.05) is 19.1 Å². The van der Waals surface area contributed by atoms with Gasteiger partial charge in [0.1, 0.15) is 0 Å². The van der Waals surface area contributed by atoms with E-state index >= 15 is 0 Å². The second-order valence-electron chi connectivity index (χ2n) is 3.22. The minimum Gasteiger partial charge on any atom is -0.345 e. The zero-order valence-electron chi connectivity index (χ0n) is 7.80. The fourth-order valence-electron chi connectivity index (χ4n) is 2.00. The molecule has 1 heteroatoms. The Labute approximate surface area is 73.0 Å². The van der Waals surface area contributed by atoms with Crippen molar-refractivity contribution in [3.05, 3.63) is 22.3 Å². The Bertz CT molecular complexity index is 395. The highest BCUT2D eigenvalue weighted by Gasteiger charge is 2.04. The molecule has 0 aromatic carbocycles. The van der Waals surface area contributed by atoms with Crippen molar-refractivity contribution in [1.82, 2.24) is 4.57 Å². The molecule has 0 saturated carbocycles. The Kier molecular flexibility index (Phi) is 1.80. The van der Waals surface area contributed by atoms with Crippen molar-refractivity contribution in [1.29, 1.82) is 0 Å². The molecule has 1 aromatic rings. The summed E-state index contributed by atoms with van der Waals surface area (Å²) in [6.07, 6.45) is 6.88. The maximum atomic E-state index is 2.42. The molecule has 1 aliphatic carbocycles. The second kappa shape index (κ2) is 2.81. The molecule has 1 nitrogen and oxygen atoms in total. The lowest BCUT2D eigenvalue weighted by atomic mass is 10.3. The van der Waals surface area contributed by atoms with Gasteiger partial charge in [-0.2, -0.15) is 0 Å². The molecule has 12 heavy (non-hydrogen) atoms. The Balaban J connectivity index is 2.72. The van der Waals surface area contributed by atoms with Crippen LogP contribution in [0.2, 0.25) is 0 Å². The zero-order chi connectivity index (χ0) is 8.55. The van der Waals surface area contributed by atoms with Crippen molar-refractivity contribution in [2.75, 3.05) is 0 Å². The fourth-order valence-corrected chi connectivity index (χ4v) is 2.00. The van der Waals surface area contributed by atoms with Crippen LogP contribution in [0.3, 0.4) is 0 Å². The van der Waals surface area contributed by atoms with Gasteiger partial charge in [-0.25, -0.2) is 0 Å². The van der Waals surface area contributed by atoms with Crippen LogP contribution < -0.4 is 10.6 Å². The molecular weight excluding hydrogens is 146 g/mol. The first-order valence-electron chi connectivity index (χ1n) is 4.75. The van der Waals surface area contributed by atoms with E-state index in [4.69, 9.17) is 0 Å². The quantitative estimate of drug-likeness (QED) is 0.610. The van der Waals surface area contributed by atoms with Crippen LogP contribution in [0.5, 0.6) is 0 Å². The first kappa shape index (κ1) is 7.66. The van der Waals surface area contributed by atoms with Crippen molar-refractivity contribution >= 4 is 12.2 Å². The van der Waals surface area contributed by atoms with E-state index < -0.39 is 0 Å². The van der Waals surface area contributed by atoms with Crippen molar-refractivity contribution in [3.8, 4) is 0 Å². The number of rotatable bonds is 2. The molecule has 1 heterocycles. The molecule has 1 aromatic heterocycles. The number of nitrogens with zero attached hydrogens (tertiary/aromatic N) is 1. The van der Waals surface area contributed by atoms with E-state index in [9.17, 15) is 0 Å². The van der Waals surface area contributed by atoms with Crippen LogP contribution in [0, 0.1) is 0 Å². The molecule has 0 saturated heterocycles. The van der Waals surface area contributed by atoms with Crippen molar-refractivity contribution in [2.45, 2.75) is 33.2 Å². The van der Waals surface area contributed by atoms with Crippen LogP contribution >= 0.6 is 0 Å². The molecule has 0 spiro atoms. The highest BCUT2D eigenvalue weighted by molar-refractivity contribution is 5.45. The molecular formula is C11H15N. The maximum absolute atomic E-state index is 2.42. The lowest BCUT2D eigenvalue weighted by Crippen LogP contribution is -2.26. The number of hydrogen-bond donors (Lipinski definition) is 0. The Morgan fingerprint density at radius 1 is 1.33 bits per heavy atom.